The molecule has 2 rings (SSSR count). The molecule has 1 fully saturated rings. The number of rotatable bonds is 5. The van der Waals surface area contributed by atoms with Crippen LogP contribution in [0.15, 0.2) is 24.3 Å². The van der Waals surface area contributed by atoms with Crippen molar-refractivity contribution in [3.8, 4) is 5.75 Å². The molecule has 1 saturated heterocycles. The fraction of sp³-hybridized carbons (Fsp3) is 0.500. The molecule has 6 N–H and O–H groups in total. The van der Waals surface area contributed by atoms with Crippen LogP contribution < -0.4 is 16.2 Å². The summed E-state index contributed by atoms with van der Waals surface area (Å²) in [6, 6.07) is 6.51. The van der Waals surface area contributed by atoms with Gasteiger partial charge in [0.1, 0.15) is 18.0 Å². The second-order valence-electron chi connectivity index (χ2n) is 5.00. The Morgan fingerprint density at radius 1 is 1.30 bits per heavy atom. The van der Waals surface area contributed by atoms with Crippen LogP contribution in [0.1, 0.15) is 0 Å². The molecule has 0 saturated carbocycles. The van der Waals surface area contributed by atoms with E-state index in [1.54, 1.807) is 24.3 Å². The van der Waals surface area contributed by atoms with Gasteiger partial charge in [-0.2, -0.15) is 0 Å². The third-order valence-electron chi connectivity index (χ3n) is 3.46. The van der Waals surface area contributed by atoms with Crippen LogP contribution in [0, 0.1) is 0 Å². The lowest BCUT2D eigenvalue weighted by molar-refractivity contribution is -0.281. The predicted molar refractivity (Wildman–Crippen MR) is 78.5 cm³/mol. The van der Waals surface area contributed by atoms with E-state index in [1.807, 2.05) is 0 Å². The highest BCUT2D eigenvalue weighted by Crippen LogP contribution is 2.28. The average molecular weight is 328 g/mol. The molecule has 128 valence electrons. The predicted octanol–water partition coefficient (Wildman–Crippen LogP) is -0.795. The third-order valence-corrected chi connectivity index (χ3v) is 3.46. The van der Waals surface area contributed by atoms with Crippen LogP contribution in [0.3, 0.4) is 0 Å². The highest BCUT2D eigenvalue weighted by Gasteiger charge is 2.48. The number of methoxy groups -OCH3 is 1. The fourth-order valence-electron chi connectivity index (χ4n) is 2.33. The van der Waals surface area contributed by atoms with Gasteiger partial charge in [0, 0.05) is 12.8 Å². The topological polar surface area (TPSA) is 146 Å². The SMILES string of the molecule is CO[C@H]1[C@H](Oc2ccc(N)cc2)O[C@H](CO)[C@H](O)[C@@H]1OC(N)=O. The molecule has 0 aliphatic carbocycles. The minimum atomic E-state index is -1.32. The van der Waals surface area contributed by atoms with E-state index in [9.17, 15) is 15.0 Å². The number of carbonyl (C=O) groups excluding carboxylic acids is 1. The maximum atomic E-state index is 11.0. The number of benzene rings is 1. The van der Waals surface area contributed by atoms with E-state index >= 15 is 0 Å². The zero-order chi connectivity index (χ0) is 17.0. The number of ether oxygens (including phenoxy) is 4. The molecule has 0 unspecified atom stereocenters. The van der Waals surface area contributed by atoms with Crippen molar-refractivity contribution in [1.82, 2.24) is 0 Å². The summed E-state index contributed by atoms with van der Waals surface area (Å²) in [5.41, 5.74) is 11.2. The minimum Gasteiger partial charge on any atom is -0.462 e. The first-order valence-electron chi connectivity index (χ1n) is 6.91. The summed E-state index contributed by atoms with van der Waals surface area (Å²) in [4.78, 5) is 11.0. The highest BCUT2D eigenvalue weighted by molar-refractivity contribution is 5.65. The summed E-state index contributed by atoms with van der Waals surface area (Å²) in [7, 11) is 1.34. The Bertz CT molecular complexity index is 524. The van der Waals surface area contributed by atoms with Crippen molar-refractivity contribution in [2.45, 2.75) is 30.7 Å². The summed E-state index contributed by atoms with van der Waals surface area (Å²) >= 11 is 0. The second-order valence-corrected chi connectivity index (χ2v) is 5.00. The van der Waals surface area contributed by atoms with Crippen molar-refractivity contribution in [2.24, 2.45) is 5.73 Å². The van der Waals surface area contributed by atoms with E-state index in [4.69, 9.17) is 30.4 Å². The van der Waals surface area contributed by atoms with Gasteiger partial charge in [-0.15, -0.1) is 0 Å². The zero-order valence-electron chi connectivity index (χ0n) is 12.5. The maximum absolute atomic E-state index is 11.0. The van der Waals surface area contributed by atoms with Crippen LogP contribution in [0.5, 0.6) is 5.75 Å². The van der Waals surface area contributed by atoms with Gasteiger partial charge in [0.15, 0.2) is 12.2 Å². The van der Waals surface area contributed by atoms with E-state index in [0.717, 1.165) is 0 Å². The van der Waals surface area contributed by atoms with Crippen LogP contribution >= 0.6 is 0 Å². The lowest BCUT2D eigenvalue weighted by Gasteiger charge is -2.42. The highest BCUT2D eigenvalue weighted by atomic mass is 16.7. The number of aliphatic hydroxyl groups is 2. The molecular weight excluding hydrogens is 308 g/mol. The van der Waals surface area contributed by atoms with E-state index in [0.29, 0.717) is 11.4 Å². The van der Waals surface area contributed by atoms with Gasteiger partial charge >= 0.3 is 6.09 Å². The first-order valence-corrected chi connectivity index (χ1v) is 6.91. The summed E-state index contributed by atoms with van der Waals surface area (Å²) in [6.45, 7) is -0.502. The van der Waals surface area contributed by atoms with Crippen molar-refractivity contribution in [3.05, 3.63) is 24.3 Å². The van der Waals surface area contributed by atoms with E-state index in [-0.39, 0.29) is 0 Å². The number of nitrogen functional groups attached to an aromatic ring is 1. The van der Waals surface area contributed by atoms with E-state index < -0.39 is 43.4 Å². The maximum Gasteiger partial charge on any atom is 0.404 e. The third kappa shape index (κ3) is 4.02. The van der Waals surface area contributed by atoms with Gasteiger partial charge in [-0.1, -0.05) is 0 Å². The fourth-order valence-corrected chi connectivity index (χ4v) is 2.33. The largest absolute Gasteiger partial charge is 0.462 e. The molecular formula is C14H20N2O7. The van der Waals surface area contributed by atoms with Crippen molar-refractivity contribution >= 4 is 11.8 Å². The molecule has 1 aliphatic rings. The first-order chi connectivity index (χ1) is 11.0. The number of hydrogen-bond acceptors (Lipinski definition) is 8. The normalized spacial score (nSPS) is 30.7. The van der Waals surface area contributed by atoms with E-state index in [1.165, 1.54) is 7.11 Å². The summed E-state index contributed by atoms with van der Waals surface area (Å²) in [5.74, 6) is 0.428. The lowest BCUT2D eigenvalue weighted by Crippen LogP contribution is -2.62. The quantitative estimate of drug-likeness (QED) is 0.514. The number of hydrogen-bond donors (Lipinski definition) is 4. The van der Waals surface area contributed by atoms with Gasteiger partial charge in [-0.25, -0.2) is 4.79 Å². The number of carbonyl (C=O) groups is 1. The van der Waals surface area contributed by atoms with E-state index in [2.05, 4.69) is 0 Å². The molecule has 1 amide bonds. The van der Waals surface area contributed by atoms with Crippen molar-refractivity contribution in [3.63, 3.8) is 0 Å². The minimum absolute atomic E-state index is 0.428. The molecule has 1 aromatic rings. The van der Waals surface area contributed by atoms with Gasteiger partial charge in [0.2, 0.25) is 6.29 Å². The zero-order valence-corrected chi connectivity index (χ0v) is 12.5. The number of anilines is 1. The smallest absolute Gasteiger partial charge is 0.404 e. The molecule has 0 radical (unpaired) electrons. The van der Waals surface area contributed by atoms with Crippen molar-refractivity contribution < 1.29 is 34.0 Å². The monoisotopic (exact) mass is 328 g/mol. The first kappa shape index (κ1) is 17.3. The van der Waals surface area contributed by atoms with Crippen molar-refractivity contribution in [1.29, 1.82) is 0 Å². The molecule has 0 bridgehead atoms. The second kappa shape index (κ2) is 7.47. The Hall–Kier alpha value is -2.07. The standard InChI is InChI=1S/C14H20N2O7/c1-20-12-11(23-14(16)19)10(18)9(6-17)22-13(12)21-8-4-2-7(15)3-5-8/h2-5,9-13,17-18H,6,15H2,1H3,(H2,16,19)/t9-,10+,11+,12-,13-/m1/s1. The van der Waals surface area contributed by atoms with Crippen LogP contribution in [-0.4, -0.2) is 60.7 Å². The van der Waals surface area contributed by atoms with Gasteiger partial charge in [0.25, 0.3) is 0 Å². The van der Waals surface area contributed by atoms with Crippen LogP contribution in [-0.2, 0) is 14.2 Å². The Balaban J connectivity index is 2.21. The number of nitrogens with two attached hydrogens (primary N) is 2. The number of amides is 1. The molecule has 23 heavy (non-hydrogen) atoms. The van der Waals surface area contributed by atoms with Crippen molar-refractivity contribution in [2.75, 3.05) is 19.5 Å². The number of aliphatic hydroxyl groups excluding tert-OH is 2. The molecule has 1 heterocycles. The van der Waals surface area contributed by atoms with Gasteiger partial charge in [0.05, 0.1) is 6.61 Å². The lowest BCUT2D eigenvalue weighted by atomic mass is 9.99. The molecule has 9 heteroatoms. The molecule has 0 spiro atoms. The molecule has 5 atom stereocenters. The van der Waals surface area contributed by atoms with Gasteiger partial charge < -0.3 is 40.6 Å². The van der Waals surface area contributed by atoms with Crippen LogP contribution in [0.2, 0.25) is 0 Å². The Kier molecular flexibility index (Phi) is 5.61. The Morgan fingerprint density at radius 3 is 2.48 bits per heavy atom. The number of primary amides is 1. The Morgan fingerprint density at radius 2 is 1.96 bits per heavy atom. The molecule has 1 aromatic carbocycles. The van der Waals surface area contributed by atoms with Crippen LogP contribution in [0.25, 0.3) is 0 Å². The Labute approximate surface area is 132 Å². The summed E-state index contributed by atoms with van der Waals surface area (Å²) in [6.07, 6.45) is -6.55. The molecule has 9 nitrogen and oxygen atoms in total. The molecule has 0 aromatic heterocycles. The van der Waals surface area contributed by atoms with Gasteiger partial charge in [-0.05, 0) is 24.3 Å². The van der Waals surface area contributed by atoms with Crippen LogP contribution in [0.4, 0.5) is 10.5 Å². The average Bonchev–Trinajstić information content (AvgIpc) is 2.52. The summed E-state index contributed by atoms with van der Waals surface area (Å²) < 4.78 is 21.3. The van der Waals surface area contributed by atoms with Gasteiger partial charge in [-0.3, -0.25) is 0 Å². The molecule has 1 aliphatic heterocycles. The summed E-state index contributed by atoms with van der Waals surface area (Å²) in [5, 5.41) is 19.5.